The third kappa shape index (κ3) is 4.49. The molecule has 3 aromatic rings. The van der Waals surface area contributed by atoms with Gasteiger partial charge in [-0.05, 0) is 30.3 Å². The molecule has 32 heavy (non-hydrogen) atoms. The van der Waals surface area contributed by atoms with Crippen LogP contribution in [-0.2, 0) is 0 Å². The van der Waals surface area contributed by atoms with Crippen LogP contribution in [0.2, 0.25) is 10.0 Å². The number of nitrogens with zero attached hydrogens (tertiary/aromatic N) is 4. The van der Waals surface area contributed by atoms with E-state index in [4.69, 9.17) is 37.4 Å². The van der Waals surface area contributed by atoms with E-state index in [9.17, 15) is 9.18 Å². The van der Waals surface area contributed by atoms with Gasteiger partial charge < -0.3 is 14.2 Å². The van der Waals surface area contributed by atoms with Gasteiger partial charge in [-0.3, -0.25) is 9.80 Å². The van der Waals surface area contributed by atoms with Gasteiger partial charge in [0.05, 0.1) is 44.5 Å². The summed E-state index contributed by atoms with van der Waals surface area (Å²) in [5.41, 5.74) is 0.529. The van der Waals surface area contributed by atoms with Gasteiger partial charge in [-0.15, -0.1) is 0 Å². The number of rotatable bonds is 7. The second kappa shape index (κ2) is 9.88. The Morgan fingerprint density at radius 3 is 2.44 bits per heavy atom. The molecule has 0 spiro atoms. The van der Waals surface area contributed by atoms with Crippen LogP contribution < -0.4 is 24.8 Å². The van der Waals surface area contributed by atoms with Crippen molar-refractivity contribution >= 4 is 35.1 Å². The van der Waals surface area contributed by atoms with E-state index in [1.54, 1.807) is 19.2 Å². The Morgan fingerprint density at radius 1 is 1.09 bits per heavy atom. The molecule has 0 atom stereocenters. The lowest BCUT2D eigenvalue weighted by Crippen LogP contribution is -2.24. The lowest BCUT2D eigenvalue weighted by molar-refractivity contribution is 0.324. The third-order valence-corrected chi connectivity index (χ3v) is 5.15. The standard InChI is InChI=1S/C21H19Cl2FN4O4/c1-27(25-10-12-5-8-17(30-2)20(32-4)19(12)31-3)16-11-26-28(21(29)18(16)23)13-6-7-15(24)14(22)9-13/h5-11H,1-4H3. The molecule has 3 rings (SSSR count). The molecular formula is C21H19Cl2FN4O4. The lowest BCUT2D eigenvalue weighted by Gasteiger charge is -2.16. The summed E-state index contributed by atoms with van der Waals surface area (Å²) in [6.07, 6.45) is 2.88. The molecule has 0 bridgehead atoms. The second-order valence-electron chi connectivity index (χ2n) is 6.35. The number of halogens is 3. The molecule has 0 N–H and O–H groups in total. The summed E-state index contributed by atoms with van der Waals surface area (Å²) in [5, 5.41) is 9.55. The molecule has 0 aliphatic rings. The maximum atomic E-state index is 13.4. The number of hydrazone groups is 1. The number of anilines is 1. The van der Waals surface area contributed by atoms with Gasteiger partial charge >= 0.3 is 0 Å². The van der Waals surface area contributed by atoms with Crippen molar-refractivity contribution in [3.8, 4) is 22.9 Å². The fourth-order valence-corrected chi connectivity index (χ4v) is 3.31. The quantitative estimate of drug-likeness (QED) is 0.373. The molecule has 0 saturated heterocycles. The van der Waals surface area contributed by atoms with E-state index in [0.717, 1.165) is 10.7 Å². The summed E-state index contributed by atoms with van der Waals surface area (Å²) in [6.45, 7) is 0. The highest BCUT2D eigenvalue weighted by atomic mass is 35.5. The van der Waals surface area contributed by atoms with Crippen LogP contribution in [0, 0.1) is 5.82 Å². The first-order valence-corrected chi connectivity index (χ1v) is 9.87. The Hall–Kier alpha value is -3.30. The summed E-state index contributed by atoms with van der Waals surface area (Å²) in [5.74, 6) is 0.746. The summed E-state index contributed by atoms with van der Waals surface area (Å²) in [4.78, 5) is 12.7. The summed E-state index contributed by atoms with van der Waals surface area (Å²) in [7, 11) is 6.13. The monoisotopic (exact) mass is 480 g/mol. The highest BCUT2D eigenvalue weighted by molar-refractivity contribution is 6.33. The van der Waals surface area contributed by atoms with Crippen molar-refractivity contribution < 1.29 is 18.6 Å². The number of benzene rings is 2. The van der Waals surface area contributed by atoms with Gasteiger partial charge in [-0.1, -0.05) is 23.2 Å². The Balaban J connectivity index is 1.94. The predicted octanol–water partition coefficient (Wildman–Crippen LogP) is 4.17. The SMILES string of the molecule is COc1ccc(C=NN(C)c2cnn(-c3ccc(F)c(Cl)c3)c(=O)c2Cl)c(OC)c1OC. The van der Waals surface area contributed by atoms with Crippen LogP contribution in [0.4, 0.5) is 10.1 Å². The Labute approximate surface area is 193 Å². The van der Waals surface area contributed by atoms with Crippen molar-refractivity contribution in [3.05, 3.63) is 68.3 Å². The second-order valence-corrected chi connectivity index (χ2v) is 7.14. The maximum absolute atomic E-state index is 13.4. The van der Waals surface area contributed by atoms with Crippen molar-refractivity contribution in [2.45, 2.75) is 0 Å². The van der Waals surface area contributed by atoms with E-state index in [1.807, 2.05) is 0 Å². The zero-order valence-electron chi connectivity index (χ0n) is 17.6. The summed E-state index contributed by atoms with van der Waals surface area (Å²) < 4.78 is 30.5. The first-order valence-electron chi connectivity index (χ1n) is 9.12. The molecule has 0 amide bonds. The minimum atomic E-state index is -0.613. The zero-order chi connectivity index (χ0) is 23.4. The van der Waals surface area contributed by atoms with Gasteiger partial charge in [-0.25, -0.2) is 4.39 Å². The van der Waals surface area contributed by atoms with E-state index in [2.05, 4.69) is 10.2 Å². The van der Waals surface area contributed by atoms with Gasteiger partial charge in [0, 0.05) is 12.6 Å². The molecule has 0 aliphatic carbocycles. The van der Waals surface area contributed by atoms with Crippen molar-refractivity contribution in [1.29, 1.82) is 0 Å². The van der Waals surface area contributed by atoms with Gasteiger partial charge in [0.1, 0.15) is 16.5 Å². The average molecular weight is 481 g/mol. The van der Waals surface area contributed by atoms with Crippen LogP contribution in [0.1, 0.15) is 5.56 Å². The summed E-state index contributed by atoms with van der Waals surface area (Å²) in [6, 6.07) is 7.25. The van der Waals surface area contributed by atoms with Gasteiger partial charge in [0.2, 0.25) is 5.75 Å². The van der Waals surface area contributed by atoms with Crippen LogP contribution in [-0.4, -0.2) is 44.4 Å². The van der Waals surface area contributed by atoms with Crippen LogP contribution in [0.3, 0.4) is 0 Å². The predicted molar refractivity (Wildman–Crippen MR) is 122 cm³/mol. The molecule has 0 radical (unpaired) electrons. The normalized spacial score (nSPS) is 11.0. The molecule has 0 fully saturated rings. The van der Waals surface area contributed by atoms with Gasteiger partial charge in [0.15, 0.2) is 11.5 Å². The fraction of sp³-hybridized carbons (Fsp3) is 0.190. The molecule has 2 aromatic carbocycles. The number of methoxy groups -OCH3 is 3. The molecular weight excluding hydrogens is 462 g/mol. The molecule has 0 unspecified atom stereocenters. The highest BCUT2D eigenvalue weighted by Crippen LogP contribution is 2.39. The number of ether oxygens (including phenoxy) is 3. The van der Waals surface area contributed by atoms with E-state index < -0.39 is 11.4 Å². The lowest BCUT2D eigenvalue weighted by atomic mass is 10.2. The van der Waals surface area contributed by atoms with Crippen molar-refractivity contribution in [3.63, 3.8) is 0 Å². The fourth-order valence-electron chi connectivity index (χ4n) is 2.89. The topological polar surface area (TPSA) is 78.2 Å². The van der Waals surface area contributed by atoms with Crippen LogP contribution in [0.15, 0.2) is 46.4 Å². The molecule has 1 aromatic heterocycles. The first kappa shape index (κ1) is 23.4. The third-order valence-electron chi connectivity index (χ3n) is 4.50. The average Bonchev–Trinajstić information content (AvgIpc) is 2.80. The Bertz CT molecular complexity index is 1230. The smallest absolute Gasteiger partial charge is 0.292 e. The molecule has 168 valence electrons. The minimum absolute atomic E-state index is 0.126. The van der Waals surface area contributed by atoms with Crippen LogP contribution in [0.5, 0.6) is 17.2 Å². The van der Waals surface area contributed by atoms with E-state index in [-0.39, 0.29) is 21.4 Å². The van der Waals surface area contributed by atoms with Crippen molar-refractivity contribution in [1.82, 2.24) is 9.78 Å². The molecule has 1 heterocycles. The van der Waals surface area contributed by atoms with Crippen molar-refractivity contribution in [2.24, 2.45) is 5.10 Å². The van der Waals surface area contributed by atoms with Crippen LogP contribution in [0.25, 0.3) is 5.69 Å². The van der Waals surface area contributed by atoms with Crippen LogP contribution >= 0.6 is 23.2 Å². The molecule has 0 aliphatic heterocycles. The molecule has 8 nitrogen and oxygen atoms in total. The largest absolute Gasteiger partial charge is 0.493 e. The Kier molecular flexibility index (Phi) is 7.22. The number of hydrogen-bond acceptors (Lipinski definition) is 7. The number of hydrogen-bond donors (Lipinski definition) is 0. The Morgan fingerprint density at radius 2 is 1.81 bits per heavy atom. The first-order chi connectivity index (χ1) is 15.3. The van der Waals surface area contributed by atoms with Crippen molar-refractivity contribution in [2.75, 3.05) is 33.4 Å². The number of aromatic nitrogens is 2. The summed E-state index contributed by atoms with van der Waals surface area (Å²) >= 11 is 12.1. The van der Waals surface area contributed by atoms with Gasteiger partial charge in [0.25, 0.3) is 5.56 Å². The highest BCUT2D eigenvalue weighted by Gasteiger charge is 2.17. The maximum Gasteiger partial charge on any atom is 0.292 e. The minimum Gasteiger partial charge on any atom is -0.493 e. The molecule has 0 saturated carbocycles. The van der Waals surface area contributed by atoms with E-state index >= 15 is 0 Å². The van der Waals surface area contributed by atoms with E-state index in [0.29, 0.717) is 22.8 Å². The molecule has 11 heteroatoms. The zero-order valence-corrected chi connectivity index (χ0v) is 19.1. The van der Waals surface area contributed by atoms with Gasteiger partial charge in [-0.2, -0.15) is 14.9 Å². The van der Waals surface area contributed by atoms with E-state index in [1.165, 1.54) is 50.9 Å².